The highest BCUT2D eigenvalue weighted by Gasteiger charge is 2.12. The molecule has 0 spiro atoms. The van der Waals surface area contributed by atoms with E-state index >= 15 is 0 Å². The van der Waals surface area contributed by atoms with Crippen LogP contribution < -0.4 is 11.1 Å². The van der Waals surface area contributed by atoms with Gasteiger partial charge in [-0.05, 0) is 60.7 Å². The molecule has 0 saturated carbocycles. The average molecular weight is 418 g/mol. The van der Waals surface area contributed by atoms with Gasteiger partial charge in [0.1, 0.15) is 4.99 Å². The van der Waals surface area contributed by atoms with Gasteiger partial charge in [-0.3, -0.25) is 4.98 Å². The molecule has 0 aliphatic heterocycles. The van der Waals surface area contributed by atoms with Crippen LogP contribution in [0, 0.1) is 17.4 Å². The van der Waals surface area contributed by atoms with Crippen LogP contribution in [-0.4, -0.2) is 9.97 Å². The number of anilines is 2. The third kappa shape index (κ3) is 3.39. The van der Waals surface area contributed by atoms with Crippen LogP contribution in [0.3, 0.4) is 0 Å². The van der Waals surface area contributed by atoms with Crippen LogP contribution in [-0.2, 0) is 0 Å². The molecule has 1 aromatic heterocycles. The Balaban J connectivity index is 2.50. The predicted molar refractivity (Wildman–Crippen MR) is 97.1 cm³/mol. The van der Waals surface area contributed by atoms with Gasteiger partial charge in [-0.25, -0.2) is 0 Å². The molecule has 0 bridgehead atoms. The molecule has 2 rings (SSSR count). The second-order valence-corrected chi connectivity index (χ2v) is 6.48. The molecule has 6 heteroatoms. The van der Waals surface area contributed by atoms with Gasteiger partial charge >= 0.3 is 0 Å². The first-order valence-corrected chi connectivity index (χ1v) is 7.75. The van der Waals surface area contributed by atoms with Gasteiger partial charge < -0.3 is 11.1 Å². The number of pyridine rings is 1. The van der Waals surface area contributed by atoms with Crippen molar-refractivity contribution in [3.8, 4) is 0 Å². The van der Waals surface area contributed by atoms with E-state index in [9.17, 15) is 0 Å². The van der Waals surface area contributed by atoms with Gasteiger partial charge in [0, 0.05) is 15.0 Å². The van der Waals surface area contributed by atoms with Crippen molar-refractivity contribution >= 4 is 62.8 Å². The number of aromatic nitrogens is 1. The van der Waals surface area contributed by atoms with Crippen molar-refractivity contribution in [3.05, 3.63) is 49.8 Å². The third-order valence-corrected chi connectivity index (χ3v) is 3.96. The molecule has 1 heterocycles. The smallest absolute Gasteiger partial charge is 0.107 e. The molecule has 2 aromatic rings. The van der Waals surface area contributed by atoms with Gasteiger partial charge in [-0.2, -0.15) is 0 Å². The Morgan fingerprint density at radius 2 is 2.00 bits per heavy atom. The summed E-state index contributed by atoms with van der Waals surface area (Å²) in [6.07, 6.45) is 0. The molecule has 0 amide bonds. The summed E-state index contributed by atoms with van der Waals surface area (Å²) in [7, 11) is 0. The van der Waals surface area contributed by atoms with E-state index in [1.807, 2.05) is 38.1 Å². The number of aryl methyl sites for hydroxylation is 2. The van der Waals surface area contributed by atoms with Crippen LogP contribution in [0.2, 0.25) is 5.02 Å². The molecule has 3 N–H and O–H groups in total. The normalized spacial score (nSPS) is 10.4. The Bertz CT molecular complexity index is 688. The predicted octanol–water partition coefficient (Wildman–Crippen LogP) is 4.33. The minimum absolute atomic E-state index is 0.319. The number of hydrogen-bond donors (Lipinski definition) is 2. The SMILES string of the molecule is Cc1cc(Nc2ccc(I)cc2Cl)c(C(N)=S)c(C)n1. The van der Waals surface area contributed by atoms with Crippen molar-refractivity contribution in [2.24, 2.45) is 5.73 Å². The second kappa shape index (κ2) is 6.24. The Kier molecular flexibility index (Phi) is 4.82. The zero-order chi connectivity index (χ0) is 14.9. The summed E-state index contributed by atoms with van der Waals surface area (Å²) < 4.78 is 1.08. The molecule has 20 heavy (non-hydrogen) atoms. The van der Waals surface area contributed by atoms with E-state index in [2.05, 4.69) is 32.9 Å². The summed E-state index contributed by atoms with van der Waals surface area (Å²) in [5, 5.41) is 3.94. The summed E-state index contributed by atoms with van der Waals surface area (Å²) in [6, 6.07) is 7.72. The number of halogens is 2. The van der Waals surface area contributed by atoms with Gasteiger partial charge in [-0.1, -0.05) is 23.8 Å². The van der Waals surface area contributed by atoms with Crippen molar-refractivity contribution in [1.82, 2.24) is 4.98 Å². The highest BCUT2D eigenvalue weighted by molar-refractivity contribution is 14.1. The van der Waals surface area contributed by atoms with Crippen LogP contribution in [0.5, 0.6) is 0 Å². The summed E-state index contributed by atoms with van der Waals surface area (Å²) in [5.74, 6) is 0. The third-order valence-electron chi connectivity index (χ3n) is 2.78. The van der Waals surface area contributed by atoms with E-state index in [0.29, 0.717) is 10.0 Å². The van der Waals surface area contributed by atoms with E-state index in [4.69, 9.17) is 29.6 Å². The first-order valence-electron chi connectivity index (χ1n) is 5.88. The molecule has 0 aliphatic carbocycles. The van der Waals surface area contributed by atoms with E-state index in [0.717, 1.165) is 31.9 Å². The fourth-order valence-electron chi connectivity index (χ4n) is 1.97. The van der Waals surface area contributed by atoms with E-state index in [1.165, 1.54) is 0 Å². The first-order chi connectivity index (χ1) is 9.38. The molecular formula is C14H13ClIN3S. The number of nitrogens with one attached hydrogen (secondary N) is 1. The minimum Gasteiger partial charge on any atom is -0.389 e. The maximum Gasteiger partial charge on any atom is 0.107 e. The van der Waals surface area contributed by atoms with Crippen molar-refractivity contribution in [2.45, 2.75) is 13.8 Å². The van der Waals surface area contributed by atoms with Crippen molar-refractivity contribution < 1.29 is 0 Å². The van der Waals surface area contributed by atoms with Crippen molar-refractivity contribution in [3.63, 3.8) is 0 Å². The molecule has 0 unspecified atom stereocenters. The molecule has 0 fully saturated rings. The van der Waals surface area contributed by atoms with Gasteiger partial charge in [0.05, 0.1) is 22.0 Å². The van der Waals surface area contributed by atoms with Gasteiger partial charge in [0.2, 0.25) is 0 Å². The highest BCUT2D eigenvalue weighted by atomic mass is 127. The number of thiocarbonyl (C=S) groups is 1. The molecule has 0 aliphatic rings. The van der Waals surface area contributed by atoms with Crippen molar-refractivity contribution in [1.29, 1.82) is 0 Å². The summed E-state index contributed by atoms with van der Waals surface area (Å²) in [5.41, 5.74) is 9.89. The van der Waals surface area contributed by atoms with Crippen LogP contribution in [0.1, 0.15) is 17.0 Å². The molecule has 0 radical (unpaired) electrons. The van der Waals surface area contributed by atoms with Gasteiger partial charge in [0.25, 0.3) is 0 Å². The molecule has 3 nitrogen and oxygen atoms in total. The van der Waals surface area contributed by atoms with Crippen molar-refractivity contribution in [2.75, 3.05) is 5.32 Å². The molecule has 104 valence electrons. The Morgan fingerprint density at radius 1 is 1.30 bits per heavy atom. The van der Waals surface area contributed by atoms with Gasteiger partial charge in [0.15, 0.2) is 0 Å². The summed E-state index contributed by atoms with van der Waals surface area (Å²) in [6.45, 7) is 3.82. The zero-order valence-electron chi connectivity index (χ0n) is 11.0. The molecule has 1 aromatic carbocycles. The Morgan fingerprint density at radius 3 is 2.60 bits per heavy atom. The fourth-order valence-corrected chi connectivity index (χ4v) is 3.13. The summed E-state index contributed by atoms with van der Waals surface area (Å²) >= 11 is 13.6. The van der Waals surface area contributed by atoms with E-state index < -0.39 is 0 Å². The standard InChI is InChI=1S/C14H13ClIN3S/c1-7-5-12(13(14(17)20)8(2)18-7)19-11-4-3-9(16)6-10(11)15/h3-6H,1-2H3,(H2,17,20)(H,18,19). The highest BCUT2D eigenvalue weighted by Crippen LogP contribution is 2.29. The minimum atomic E-state index is 0.319. The topological polar surface area (TPSA) is 50.9 Å². The lowest BCUT2D eigenvalue weighted by Crippen LogP contribution is -2.15. The maximum absolute atomic E-state index is 6.24. The molecule has 0 atom stereocenters. The number of hydrogen-bond acceptors (Lipinski definition) is 3. The number of nitrogens with zero attached hydrogens (tertiary/aromatic N) is 1. The average Bonchev–Trinajstić information content (AvgIpc) is 2.31. The van der Waals surface area contributed by atoms with Crippen LogP contribution in [0.4, 0.5) is 11.4 Å². The lowest BCUT2D eigenvalue weighted by molar-refractivity contribution is 1.12. The second-order valence-electron chi connectivity index (χ2n) is 4.39. The van der Waals surface area contributed by atoms with Crippen LogP contribution in [0.25, 0.3) is 0 Å². The monoisotopic (exact) mass is 417 g/mol. The number of benzene rings is 1. The number of nitrogens with two attached hydrogens (primary N) is 1. The Hall–Kier alpha value is -0.920. The van der Waals surface area contributed by atoms with Gasteiger partial charge in [-0.15, -0.1) is 0 Å². The maximum atomic E-state index is 6.24. The summed E-state index contributed by atoms with van der Waals surface area (Å²) in [4.78, 5) is 4.71. The van der Waals surface area contributed by atoms with E-state index in [-0.39, 0.29) is 0 Å². The lowest BCUT2D eigenvalue weighted by atomic mass is 10.1. The molecular weight excluding hydrogens is 405 g/mol. The molecule has 0 saturated heterocycles. The zero-order valence-corrected chi connectivity index (χ0v) is 14.7. The van der Waals surface area contributed by atoms with E-state index in [1.54, 1.807) is 0 Å². The quantitative estimate of drug-likeness (QED) is 0.576. The van der Waals surface area contributed by atoms with Crippen LogP contribution in [0.15, 0.2) is 24.3 Å². The largest absolute Gasteiger partial charge is 0.389 e. The first kappa shape index (κ1) is 15.5. The fraction of sp³-hybridized carbons (Fsp3) is 0.143. The lowest BCUT2D eigenvalue weighted by Gasteiger charge is -2.15. The Labute approximate surface area is 142 Å². The van der Waals surface area contributed by atoms with Crippen LogP contribution >= 0.6 is 46.4 Å². The number of rotatable bonds is 3.